The summed E-state index contributed by atoms with van der Waals surface area (Å²) in [5.41, 5.74) is 6.70. The molecule has 1 amide bonds. The predicted molar refractivity (Wildman–Crippen MR) is 111 cm³/mol. The Morgan fingerprint density at radius 3 is 3.03 bits per heavy atom. The molecule has 0 unspecified atom stereocenters. The summed E-state index contributed by atoms with van der Waals surface area (Å²) < 4.78 is 6.44. The van der Waals surface area contributed by atoms with Crippen LogP contribution in [0.3, 0.4) is 0 Å². The predicted octanol–water partition coefficient (Wildman–Crippen LogP) is 1.87. The van der Waals surface area contributed by atoms with Gasteiger partial charge in [-0.1, -0.05) is 30.3 Å². The van der Waals surface area contributed by atoms with E-state index in [1.807, 2.05) is 36.4 Å². The molecule has 3 aliphatic heterocycles. The van der Waals surface area contributed by atoms with E-state index >= 15 is 0 Å². The number of carbonyl (C=O) groups is 1. The molecule has 29 heavy (non-hydrogen) atoms. The fraction of sp³-hybridized carbons (Fsp3) is 0.409. The quantitative estimate of drug-likeness (QED) is 0.756. The van der Waals surface area contributed by atoms with Crippen molar-refractivity contribution >= 4 is 23.7 Å². The Morgan fingerprint density at radius 1 is 1.34 bits per heavy atom. The Hall–Kier alpha value is -2.93. The summed E-state index contributed by atoms with van der Waals surface area (Å²) in [5.74, 6) is 1.74. The number of nitrogens with zero attached hydrogens (tertiary/aromatic N) is 3. The smallest absolute Gasteiger partial charge is 0.244 e. The highest BCUT2D eigenvalue weighted by Gasteiger charge is 2.63. The minimum atomic E-state index is -0.145. The lowest BCUT2D eigenvalue weighted by molar-refractivity contribution is -0.116. The summed E-state index contributed by atoms with van der Waals surface area (Å²) in [6, 6.07) is 11.5. The van der Waals surface area contributed by atoms with Crippen LogP contribution in [0.2, 0.25) is 0 Å². The number of hydrogen-bond donors (Lipinski definition) is 2. The maximum absolute atomic E-state index is 12.3. The van der Waals surface area contributed by atoms with Gasteiger partial charge in [-0.3, -0.25) is 4.79 Å². The first-order chi connectivity index (χ1) is 14.1. The summed E-state index contributed by atoms with van der Waals surface area (Å²) in [4.78, 5) is 23.2. The van der Waals surface area contributed by atoms with Crippen LogP contribution in [-0.4, -0.2) is 47.2 Å². The van der Waals surface area contributed by atoms with E-state index in [0.717, 1.165) is 31.5 Å². The average molecular weight is 391 g/mol. The number of nitrogen functional groups attached to an aromatic ring is 1. The van der Waals surface area contributed by atoms with Crippen LogP contribution in [0.1, 0.15) is 18.4 Å². The zero-order valence-corrected chi connectivity index (χ0v) is 16.2. The number of fused-ring (bicyclic) bond motifs is 1. The number of anilines is 2. The number of hydrogen-bond acceptors (Lipinski definition) is 6. The van der Waals surface area contributed by atoms with Crippen LogP contribution in [0.25, 0.3) is 6.08 Å². The van der Waals surface area contributed by atoms with Gasteiger partial charge < -0.3 is 20.7 Å². The molecular weight excluding hydrogens is 366 g/mol. The highest BCUT2D eigenvalue weighted by Crippen LogP contribution is 2.54. The molecule has 3 N–H and O–H groups in total. The van der Waals surface area contributed by atoms with Gasteiger partial charge in [-0.15, -0.1) is 0 Å². The van der Waals surface area contributed by atoms with Crippen molar-refractivity contribution in [2.24, 2.45) is 11.8 Å². The molecule has 3 saturated heterocycles. The van der Waals surface area contributed by atoms with Crippen LogP contribution in [0, 0.1) is 11.8 Å². The lowest BCUT2D eigenvalue weighted by Crippen LogP contribution is -2.41. The molecule has 1 aromatic carbocycles. The molecule has 1 spiro atoms. The first-order valence-corrected chi connectivity index (χ1v) is 10.2. The Kier molecular flexibility index (Phi) is 4.47. The molecule has 2 bridgehead atoms. The van der Waals surface area contributed by atoms with Gasteiger partial charge in [-0.25, -0.2) is 4.98 Å². The van der Waals surface area contributed by atoms with Gasteiger partial charge >= 0.3 is 0 Å². The molecule has 3 aliphatic rings. The number of rotatable bonds is 5. The van der Waals surface area contributed by atoms with E-state index in [1.54, 1.807) is 18.3 Å². The van der Waals surface area contributed by atoms with Crippen molar-refractivity contribution in [2.45, 2.75) is 24.5 Å². The zero-order chi connectivity index (χ0) is 19.8. The molecule has 4 heterocycles. The SMILES string of the molecule is Nc1ccnc(N2C[C@@H]3[C@H](CNC(=O)/C=C/c4ccccc4)[C@H]4CC[C@]3(C2)O4)n1. The minimum absolute atomic E-state index is 0.0697. The summed E-state index contributed by atoms with van der Waals surface area (Å²) in [5, 5.41) is 3.08. The lowest BCUT2D eigenvalue weighted by atomic mass is 9.73. The lowest BCUT2D eigenvalue weighted by Gasteiger charge is -2.29. The molecule has 0 radical (unpaired) electrons. The first-order valence-electron chi connectivity index (χ1n) is 10.2. The highest BCUT2D eigenvalue weighted by molar-refractivity contribution is 5.91. The van der Waals surface area contributed by atoms with Crippen molar-refractivity contribution in [1.29, 1.82) is 0 Å². The summed E-state index contributed by atoms with van der Waals surface area (Å²) in [6.45, 7) is 2.25. The van der Waals surface area contributed by atoms with Gasteiger partial charge in [0.1, 0.15) is 5.82 Å². The molecule has 2 aromatic rings. The second-order valence-corrected chi connectivity index (χ2v) is 8.18. The van der Waals surface area contributed by atoms with Crippen molar-refractivity contribution in [3.63, 3.8) is 0 Å². The van der Waals surface area contributed by atoms with Crippen molar-refractivity contribution in [1.82, 2.24) is 15.3 Å². The van der Waals surface area contributed by atoms with E-state index in [0.29, 0.717) is 30.1 Å². The number of nitrogens with one attached hydrogen (secondary N) is 1. The molecule has 0 saturated carbocycles. The van der Waals surface area contributed by atoms with Gasteiger partial charge in [0.05, 0.1) is 18.2 Å². The van der Waals surface area contributed by atoms with Gasteiger partial charge in [-0.05, 0) is 30.5 Å². The third-order valence-electron chi connectivity index (χ3n) is 6.47. The van der Waals surface area contributed by atoms with E-state index in [9.17, 15) is 4.79 Å². The normalized spacial score (nSPS) is 30.1. The maximum atomic E-state index is 12.3. The number of amides is 1. The van der Waals surface area contributed by atoms with Gasteiger partial charge in [0, 0.05) is 37.2 Å². The molecule has 1 aromatic heterocycles. The van der Waals surface area contributed by atoms with E-state index in [-0.39, 0.29) is 17.6 Å². The third kappa shape index (κ3) is 3.35. The number of carbonyl (C=O) groups excluding carboxylic acids is 1. The van der Waals surface area contributed by atoms with Crippen LogP contribution in [0.15, 0.2) is 48.7 Å². The fourth-order valence-electron chi connectivity index (χ4n) is 5.14. The van der Waals surface area contributed by atoms with E-state index < -0.39 is 0 Å². The van der Waals surface area contributed by atoms with Crippen molar-refractivity contribution < 1.29 is 9.53 Å². The molecule has 3 fully saturated rings. The summed E-state index contributed by atoms with van der Waals surface area (Å²) >= 11 is 0. The van der Waals surface area contributed by atoms with Gasteiger partial charge in [0.2, 0.25) is 11.9 Å². The molecular formula is C22H25N5O2. The monoisotopic (exact) mass is 391 g/mol. The largest absolute Gasteiger partial charge is 0.384 e. The van der Waals surface area contributed by atoms with Crippen molar-refractivity contribution in [2.75, 3.05) is 30.3 Å². The highest BCUT2D eigenvalue weighted by atomic mass is 16.5. The fourth-order valence-corrected chi connectivity index (χ4v) is 5.14. The van der Waals surface area contributed by atoms with Gasteiger partial charge in [0.25, 0.3) is 0 Å². The van der Waals surface area contributed by atoms with Crippen LogP contribution >= 0.6 is 0 Å². The number of aromatic nitrogens is 2. The standard InChI is InChI=1S/C22H25N5O2/c23-19-9-11-24-21(26-19)27-13-17-16(18-8-10-22(17,14-27)29-18)12-25-20(28)7-6-15-4-2-1-3-5-15/h1-7,9,11,16-18H,8,10,12-14H2,(H,25,28)(H2,23,24,26)/b7-6+/t16-,17+,18+,22+/m0/s1. The number of benzene rings is 1. The second kappa shape index (κ2) is 7.15. The van der Waals surface area contributed by atoms with E-state index in [4.69, 9.17) is 10.5 Å². The minimum Gasteiger partial charge on any atom is -0.384 e. The van der Waals surface area contributed by atoms with Gasteiger partial charge in [-0.2, -0.15) is 4.98 Å². The zero-order valence-electron chi connectivity index (χ0n) is 16.2. The Labute approximate surface area is 170 Å². The summed E-state index contributed by atoms with van der Waals surface area (Å²) in [7, 11) is 0. The summed E-state index contributed by atoms with van der Waals surface area (Å²) in [6.07, 6.45) is 7.45. The molecule has 7 nitrogen and oxygen atoms in total. The van der Waals surface area contributed by atoms with Crippen LogP contribution in [0.4, 0.5) is 11.8 Å². The number of ether oxygens (including phenoxy) is 1. The van der Waals surface area contributed by atoms with Crippen molar-refractivity contribution in [3.05, 3.63) is 54.2 Å². The van der Waals surface area contributed by atoms with Gasteiger partial charge in [0.15, 0.2) is 0 Å². The van der Waals surface area contributed by atoms with Crippen LogP contribution in [0.5, 0.6) is 0 Å². The molecule has 0 aliphatic carbocycles. The van der Waals surface area contributed by atoms with E-state index in [1.165, 1.54) is 0 Å². The molecule has 5 rings (SSSR count). The Balaban J connectivity index is 1.24. The third-order valence-corrected chi connectivity index (χ3v) is 6.47. The second-order valence-electron chi connectivity index (χ2n) is 8.18. The molecule has 150 valence electrons. The Bertz CT molecular complexity index is 934. The molecule has 7 heteroatoms. The van der Waals surface area contributed by atoms with Crippen molar-refractivity contribution in [3.8, 4) is 0 Å². The van der Waals surface area contributed by atoms with Crippen LogP contribution < -0.4 is 16.0 Å². The van der Waals surface area contributed by atoms with E-state index in [2.05, 4.69) is 20.2 Å². The Morgan fingerprint density at radius 2 is 2.21 bits per heavy atom. The first kappa shape index (κ1) is 18.1. The average Bonchev–Trinajstić information content (AvgIpc) is 3.40. The topological polar surface area (TPSA) is 93.4 Å². The number of nitrogens with two attached hydrogens (primary N) is 1. The molecule has 4 atom stereocenters. The maximum Gasteiger partial charge on any atom is 0.244 e. The van der Waals surface area contributed by atoms with Crippen LogP contribution in [-0.2, 0) is 9.53 Å².